The smallest absolute Gasteiger partial charge is 0.308 e. The van der Waals surface area contributed by atoms with E-state index in [0.717, 1.165) is 0 Å². The summed E-state index contributed by atoms with van der Waals surface area (Å²) in [5.41, 5.74) is -0.333. The lowest BCUT2D eigenvalue weighted by Gasteiger charge is -2.10. The molecule has 0 saturated carbocycles. The Balaban J connectivity index is 2.71. The topological polar surface area (TPSA) is 88.8 Å². The molecule has 6 nitrogen and oxygen atoms in total. The molecule has 0 saturated heterocycles. The Morgan fingerprint density at radius 3 is 2.50 bits per heavy atom. The largest absolute Gasteiger partial charge is 0.543 e. The van der Waals surface area contributed by atoms with Crippen molar-refractivity contribution in [3.63, 3.8) is 0 Å². The van der Waals surface area contributed by atoms with Crippen LogP contribution in [0.15, 0.2) is 41.2 Å². The normalized spacial score (nSPS) is 11.6. The molecule has 1 aromatic carbocycles. The van der Waals surface area contributed by atoms with Gasteiger partial charge in [-0.1, -0.05) is 18.2 Å². The standard InChI is InChI=1S/C9H8NO5P/c11-9-6-5-7-3-1-2-4-8(7)10(9)15-16(12,13)14/h1-6H,(H2,12,13,14). The monoisotopic (exact) mass is 241 g/mol. The Labute approximate surface area is 89.9 Å². The summed E-state index contributed by atoms with van der Waals surface area (Å²) in [6.07, 6.45) is 0. The second-order valence-electron chi connectivity index (χ2n) is 3.10. The Morgan fingerprint density at radius 2 is 1.81 bits per heavy atom. The first-order valence-corrected chi connectivity index (χ1v) is 5.87. The van der Waals surface area contributed by atoms with Gasteiger partial charge < -0.3 is 4.62 Å². The molecule has 1 heterocycles. The van der Waals surface area contributed by atoms with Gasteiger partial charge >= 0.3 is 7.82 Å². The second-order valence-corrected chi connectivity index (χ2v) is 4.24. The van der Waals surface area contributed by atoms with Crippen molar-refractivity contribution in [1.82, 2.24) is 4.73 Å². The van der Waals surface area contributed by atoms with Crippen LogP contribution in [0.2, 0.25) is 0 Å². The maximum atomic E-state index is 11.4. The van der Waals surface area contributed by atoms with E-state index >= 15 is 0 Å². The van der Waals surface area contributed by atoms with Crippen LogP contribution in [-0.4, -0.2) is 14.5 Å². The van der Waals surface area contributed by atoms with Crippen LogP contribution in [0.25, 0.3) is 10.9 Å². The molecule has 0 unspecified atom stereocenters. The number of benzene rings is 1. The Morgan fingerprint density at radius 1 is 1.12 bits per heavy atom. The zero-order valence-electron chi connectivity index (χ0n) is 7.98. The minimum Gasteiger partial charge on any atom is -0.308 e. The fourth-order valence-corrected chi connectivity index (χ4v) is 1.73. The number of aromatic nitrogens is 1. The van der Waals surface area contributed by atoms with Crippen LogP contribution < -0.4 is 10.2 Å². The van der Waals surface area contributed by atoms with Gasteiger partial charge in [0.1, 0.15) is 0 Å². The number of nitrogens with zero attached hydrogens (tertiary/aromatic N) is 1. The highest BCUT2D eigenvalue weighted by atomic mass is 31.2. The number of phosphoric acid groups is 1. The maximum Gasteiger partial charge on any atom is 0.543 e. The lowest BCUT2D eigenvalue weighted by Crippen LogP contribution is -2.24. The molecule has 0 aliphatic heterocycles. The molecular formula is C9H8NO5P. The van der Waals surface area contributed by atoms with Crippen LogP contribution in [0.3, 0.4) is 0 Å². The lowest BCUT2D eigenvalue weighted by atomic mass is 10.2. The molecule has 2 rings (SSSR count). The first-order valence-electron chi connectivity index (χ1n) is 4.34. The molecule has 84 valence electrons. The number of pyridine rings is 1. The van der Waals surface area contributed by atoms with Crippen LogP contribution >= 0.6 is 7.82 Å². The molecule has 2 N–H and O–H groups in total. The third-order valence-corrected chi connectivity index (χ3v) is 2.33. The summed E-state index contributed by atoms with van der Waals surface area (Å²) in [4.78, 5) is 28.8. The van der Waals surface area contributed by atoms with Crippen molar-refractivity contribution < 1.29 is 19.0 Å². The first-order chi connectivity index (χ1) is 7.47. The van der Waals surface area contributed by atoms with Gasteiger partial charge in [0.2, 0.25) is 0 Å². The van der Waals surface area contributed by atoms with Crippen LogP contribution in [-0.2, 0) is 4.57 Å². The van der Waals surface area contributed by atoms with Gasteiger partial charge in [-0.25, -0.2) is 4.57 Å². The van der Waals surface area contributed by atoms with Crippen LogP contribution in [0.4, 0.5) is 0 Å². The quantitative estimate of drug-likeness (QED) is 0.748. The van der Waals surface area contributed by atoms with Crippen molar-refractivity contribution in [2.45, 2.75) is 0 Å². The number of para-hydroxylation sites is 1. The highest BCUT2D eigenvalue weighted by molar-refractivity contribution is 7.46. The summed E-state index contributed by atoms with van der Waals surface area (Å²) < 4.78 is 15.6. The summed E-state index contributed by atoms with van der Waals surface area (Å²) in [6.45, 7) is 0. The minimum absolute atomic E-state index is 0.304. The van der Waals surface area contributed by atoms with E-state index in [1.54, 1.807) is 24.3 Å². The predicted octanol–water partition coefficient (Wildman–Crippen LogP) is 0.523. The van der Waals surface area contributed by atoms with Crippen LogP contribution in [0.1, 0.15) is 0 Å². The third kappa shape index (κ3) is 2.14. The van der Waals surface area contributed by atoms with E-state index in [2.05, 4.69) is 4.62 Å². The highest BCUT2D eigenvalue weighted by Gasteiger charge is 2.18. The molecule has 0 radical (unpaired) electrons. The van der Waals surface area contributed by atoms with Gasteiger partial charge in [-0.15, -0.1) is 4.73 Å². The Kier molecular flexibility index (Phi) is 2.55. The van der Waals surface area contributed by atoms with Gasteiger partial charge in [-0.05, 0) is 12.1 Å². The van der Waals surface area contributed by atoms with Gasteiger partial charge in [0.25, 0.3) is 5.56 Å². The molecule has 0 amide bonds. The van der Waals surface area contributed by atoms with E-state index in [1.807, 2.05) is 0 Å². The Bertz CT molecular complexity index is 629. The number of hydrogen-bond acceptors (Lipinski definition) is 3. The average molecular weight is 241 g/mol. The van der Waals surface area contributed by atoms with Crippen molar-refractivity contribution in [2.24, 2.45) is 0 Å². The maximum absolute atomic E-state index is 11.4. The summed E-state index contributed by atoms with van der Waals surface area (Å²) in [7, 11) is -4.76. The van der Waals surface area contributed by atoms with Gasteiger partial charge in [-0.2, -0.15) is 0 Å². The minimum atomic E-state index is -4.76. The molecule has 7 heteroatoms. The van der Waals surface area contributed by atoms with Gasteiger partial charge in [0.05, 0.1) is 5.52 Å². The fraction of sp³-hybridized carbons (Fsp3) is 0. The summed E-state index contributed by atoms with van der Waals surface area (Å²) in [5.74, 6) is 0. The van der Waals surface area contributed by atoms with Crippen molar-refractivity contribution in [1.29, 1.82) is 0 Å². The zero-order valence-corrected chi connectivity index (χ0v) is 8.87. The van der Waals surface area contributed by atoms with Gasteiger partial charge in [0, 0.05) is 11.5 Å². The van der Waals surface area contributed by atoms with E-state index in [4.69, 9.17) is 9.79 Å². The SMILES string of the molecule is O=c1ccc2ccccc2n1OP(=O)(O)O. The molecule has 2 aromatic rings. The van der Waals surface area contributed by atoms with Gasteiger partial charge in [0.15, 0.2) is 0 Å². The fourth-order valence-electron chi connectivity index (χ4n) is 1.35. The third-order valence-electron chi connectivity index (χ3n) is 1.95. The molecule has 16 heavy (non-hydrogen) atoms. The summed E-state index contributed by atoms with van der Waals surface area (Å²) in [6, 6.07) is 9.35. The average Bonchev–Trinajstić information content (AvgIpc) is 2.21. The molecular weight excluding hydrogens is 233 g/mol. The van der Waals surface area contributed by atoms with E-state index < -0.39 is 13.4 Å². The van der Waals surface area contributed by atoms with Crippen molar-refractivity contribution >= 4 is 18.7 Å². The van der Waals surface area contributed by atoms with Crippen LogP contribution in [0.5, 0.6) is 0 Å². The molecule has 0 spiro atoms. The van der Waals surface area contributed by atoms with Crippen molar-refractivity contribution in [2.75, 3.05) is 0 Å². The highest BCUT2D eigenvalue weighted by Crippen LogP contribution is 2.31. The van der Waals surface area contributed by atoms with E-state index in [0.29, 0.717) is 15.6 Å². The summed E-state index contributed by atoms with van der Waals surface area (Å²) >= 11 is 0. The van der Waals surface area contributed by atoms with E-state index in [1.165, 1.54) is 12.1 Å². The summed E-state index contributed by atoms with van der Waals surface area (Å²) in [5, 5.41) is 0.649. The van der Waals surface area contributed by atoms with Crippen molar-refractivity contribution in [3.05, 3.63) is 46.8 Å². The molecule has 0 aliphatic carbocycles. The van der Waals surface area contributed by atoms with E-state index in [-0.39, 0.29) is 0 Å². The Hall–Kier alpha value is -1.62. The number of rotatable bonds is 2. The predicted molar refractivity (Wildman–Crippen MR) is 56.8 cm³/mol. The van der Waals surface area contributed by atoms with Gasteiger partial charge in [-0.3, -0.25) is 14.6 Å². The zero-order chi connectivity index (χ0) is 11.8. The van der Waals surface area contributed by atoms with Crippen molar-refractivity contribution in [3.8, 4) is 0 Å². The first kappa shape index (κ1) is 10.9. The molecule has 1 aromatic heterocycles. The lowest BCUT2D eigenvalue weighted by molar-refractivity contribution is 0.179. The molecule has 0 bridgehead atoms. The van der Waals surface area contributed by atoms with E-state index in [9.17, 15) is 9.36 Å². The van der Waals surface area contributed by atoms with Crippen LogP contribution in [0, 0.1) is 0 Å². The molecule has 0 fully saturated rings. The second kappa shape index (κ2) is 3.75. The molecule has 0 aliphatic rings. The molecule has 0 atom stereocenters. The number of fused-ring (bicyclic) bond motifs is 1. The number of hydrogen-bond donors (Lipinski definition) is 2.